The van der Waals surface area contributed by atoms with E-state index in [0.717, 1.165) is 16.9 Å². The van der Waals surface area contributed by atoms with Gasteiger partial charge in [0.05, 0.1) is 23.8 Å². The van der Waals surface area contributed by atoms with Crippen LogP contribution in [0.1, 0.15) is 5.56 Å². The van der Waals surface area contributed by atoms with Gasteiger partial charge in [0.25, 0.3) is 0 Å². The summed E-state index contributed by atoms with van der Waals surface area (Å²) in [5.74, 6) is 0. The highest BCUT2D eigenvalue weighted by molar-refractivity contribution is 5.94. The number of rotatable bonds is 0. The standard InChI is InChI=1S/C11H9N3O/c1-2-4-11-9(3-1)5-12-6-10-7-13-15-8-14(10)11/h1-7H,8H2. The van der Waals surface area contributed by atoms with Gasteiger partial charge in [0.1, 0.15) is 0 Å². The third kappa shape index (κ3) is 1.30. The highest BCUT2D eigenvalue weighted by Crippen LogP contribution is 2.25. The van der Waals surface area contributed by atoms with Crippen molar-refractivity contribution < 1.29 is 4.84 Å². The first-order valence-corrected chi connectivity index (χ1v) is 4.70. The number of hydrogen-bond donors (Lipinski definition) is 0. The van der Waals surface area contributed by atoms with E-state index in [2.05, 4.69) is 10.1 Å². The van der Waals surface area contributed by atoms with Crippen molar-refractivity contribution in [3.05, 3.63) is 41.7 Å². The molecule has 3 rings (SSSR count). The van der Waals surface area contributed by atoms with E-state index in [-0.39, 0.29) is 0 Å². The molecule has 1 aromatic rings. The zero-order valence-electron chi connectivity index (χ0n) is 8.00. The Balaban J connectivity index is 2.17. The summed E-state index contributed by atoms with van der Waals surface area (Å²) < 4.78 is 0. The van der Waals surface area contributed by atoms with Gasteiger partial charge < -0.3 is 9.74 Å². The Morgan fingerprint density at radius 3 is 3.13 bits per heavy atom. The van der Waals surface area contributed by atoms with E-state index in [1.165, 1.54) is 0 Å². The van der Waals surface area contributed by atoms with Crippen LogP contribution in [-0.2, 0) is 4.84 Å². The summed E-state index contributed by atoms with van der Waals surface area (Å²) in [7, 11) is 0. The first-order chi connectivity index (χ1) is 7.45. The van der Waals surface area contributed by atoms with Crippen LogP contribution in [0.4, 0.5) is 5.69 Å². The third-order valence-electron chi connectivity index (χ3n) is 2.41. The SMILES string of the molecule is C1=NC=C2C=NOCN2c2ccccc21. The molecule has 0 fully saturated rings. The largest absolute Gasteiger partial charge is 0.373 e. The second-order valence-electron chi connectivity index (χ2n) is 3.31. The van der Waals surface area contributed by atoms with Gasteiger partial charge in [-0.1, -0.05) is 23.4 Å². The van der Waals surface area contributed by atoms with Crippen LogP contribution in [0.3, 0.4) is 0 Å². The number of aliphatic imine (C=N–C) groups is 1. The fraction of sp³-hybridized carbons (Fsp3) is 0.0909. The molecule has 0 aromatic heterocycles. The van der Waals surface area contributed by atoms with Gasteiger partial charge in [0.15, 0.2) is 6.73 Å². The zero-order valence-corrected chi connectivity index (χ0v) is 8.00. The fourth-order valence-electron chi connectivity index (χ4n) is 1.67. The van der Waals surface area contributed by atoms with Crippen molar-refractivity contribution >= 4 is 18.1 Å². The molecule has 15 heavy (non-hydrogen) atoms. The van der Waals surface area contributed by atoms with Crippen LogP contribution in [0.5, 0.6) is 0 Å². The van der Waals surface area contributed by atoms with E-state index in [9.17, 15) is 0 Å². The van der Waals surface area contributed by atoms with Crippen molar-refractivity contribution in [3.63, 3.8) is 0 Å². The summed E-state index contributed by atoms with van der Waals surface area (Å²) in [4.78, 5) is 11.3. The van der Waals surface area contributed by atoms with E-state index >= 15 is 0 Å². The predicted molar refractivity (Wildman–Crippen MR) is 59.0 cm³/mol. The molecule has 0 unspecified atom stereocenters. The summed E-state index contributed by atoms with van der Waals surface area (Å²) in [5.41, 5.74) is 3.13. The molecule has 0 saturated carbocycles. The van der Waals surface area contributed by atoms with Gasteiger partial charge in [-0.05, 0) is 6.07 Å². The Labute approximate surface area is 87.2 Å². The maximum Gasteiger partial charge on any atom is 0.194 e. The predicted octanol–water partition coefficient (Wildman–Crippen LogP) is 1.74. The summed E-state index contributed by atoms with van der Waals surface area (Å²) in [6, 6.07) is 8.07. The van der Waals surface area contributed by atoms with Crippen molar-refractivity contribution in [1.82, 2.24) is 0 Å². The van der Waals surface area contributed by atoms with Gasteiger partial charge in [0.2, 0.25) is 0 Å². The Kier molecular flexibility index (Phi) is 1.78. The molecule has 0 aliphatic carbocycles. The van der Waals surface area contributed by atoms with Gasteiger partial charge in [-0.15, -0.1) is 0 Å². The lowest BCUT2D eigenvalue weighted by atomic mass is 10.2. The molecule has 0 amide bonds. The number of oxime groups is 1. The Morgan fingerprint density at radius 2 is 2.13 bits per heavy atom. The first kappa shape index (κ1) is 8.23. The molecule has 4 heteroatoms. The van der Waals surface area contributed by atoms with Crippen LogP contribution in [0.2, 0.25) is 0 Å². The number of anilines is 1. The Morgan fingerprint density at radius 1 is 1.20 bits per heavy atom. The minimum Gasteiger partial charge on any atom is -0.373 e. The lowest BCUT2D eigenvalue weighted by Crippen LogP contribution is -2.28. The van der Waals surface area contributed by atoms with E-state index in [1.807, 2.05) is 35.4 Å². The molecule has 2 aliphatic heterocycles. The minimum atomic E-state index is 0.433. The highest BCUT2D eigenvalue weighted by Gasteiger charge is 2.18. The summed E-state index contributed by atoms with van der Waals surface area (Å²) in [5, 5.41) is 3.77. The van der Waals surface area contributed by atoms with E-state index in [0.29, 0.717) is 6.73 Å². The Bertz CT molecular complexity index is 476. The van der Waals surface area contributed by atoms with Crippen LogP contribution in [0.25, 0.3) is 0 Å². The van der Waals surface area contributed by atoms with Crippen molar-refractivity contribution in [2.45, 2.75) is 0 Å². The quantitative estimate of drug-likeness (QED) is 0.638. The molecule has 0 radical (unpaired) electrons. The van der Waals surface area contributed by atoms with Gasteiger partial charge in [-0.2, -0.15) is 0 Å². The molecule has 4 nitrogen and oxygen atoms in total. The molecular weight excluding hydrogens is 190 g/mol. The Hall–Kier alpha value is -2.10. The fourth-order valence-corrected chi connectivity index (χ4v) is 1.67. The zero-order chi connectivity index (χ0) is 10.1. The molecule has 2 aliphatic rings. The van der Waals surface area contributed by atoms with Crippen molar-refractivity contribution in [2.75, 3.05) is 11.6 Å². The van der Waals surface area contributed by atoms with Gasteiger partial charge in [0, 0.05) is 11.8 Å². The average molecular weight is 199 g/mol. The smallest absolute Gasteiger partial charge is 0.194 e. The lowest BCUT2D eigenvalue weighted by molar-refractivity contribution is 0.144. The number of nitrogens with zero attached hydrogens (tertiary/aromatic N) is 3. The molecule has 74 valence electrons. The number of fused-ring (bicyclic) bond motifs is 3. The number of hydrogen-bond acceptors (Lipinski definition) is 4. The third-order valence-corrected chi connectivity index (χ3v) is 2.41. The second-order valence-corrected chi connectivity index (χ2v) is 3.31. The summed E-state index contributed by atoms with van der Waals surface area (Å²) in [6.07, 6.45) is 5.30. The minimum absolute atomic E-state index is 0.433. The van der Waals surface area contributed by atoms with Crippen LogP contribution < -0.4 is 4.90 Å². The van der Waals surface area contributed by atoms with Crippen LogP contribution in [0, 0.1) is 0 Å². The maximum atomic E-state index is 5.05. The normalized spacial score (nSPS) is 17.3. The topological polar surface area (TPSA) is 37.2 Å². The van der Waals surface area contributed by atoms with Gasteiger partial charge >= 0.3 is 0 Å². The molecule has 0 saturated heterocycles. The van der Waals surface area contributed by atoms with Crippen LogP contribution >= 0.6 is 0 Å². The van der Waals surface area contributed by atoms with Crippen molar-refractivity contribution in [1.29, 1.82) is 0 Å². The number of allylic oxidation sites excluding steroid dienone is 1. The van der Waals surface area contributed by atoms with E-state index < -0.39 is 0 Å². The second kappa shape index (κ2) is 3.24. The van der Waals surface area contributed by atoms with Crippen LogP contribution in [-0.4, -0.2) is 19.2 Å². The number of para-hydroxylation sites is 1. The number of benzene rings is 1. The summed E-state index contributed by atoms with van der Waals surface area (Å²) in [6.45, 7) is 0.433. The molecule has 0 N–H and O–H groups in total. The van der Waals surface area contributed by atoms with Crippen LogP contribution in [0.15, 0.2) is 46.3 Å². The lowest BCUT2D eigenvalue weighted by Gasteiger charge is -2.26. The van der Waals surface area contributed by atoms with E-state index in [1.54, 1.807) is 12.4 Å². The molecule has 2 heterocycles. The maximum absolute atomic E-state index is 5.05. The first-order valence-electron chi connectivity index (χ1n) is 4.70. The average Bonchev–Trinajstić information content (AvgIpc) is 2.48. The molecular formula is C11H9N3O. The molecule has 0 spiro atoms. The van der Waals surface area contributed by atoms with Gasteiger partial charge in [-0.25, -0.2) is 0 Å². The van der Waals surface area contributed by atoms with Crippen molar-refractivity contribution in [3.8, 4) is 0 Å². The molecule has 0 bridgehead atoms. The highest BCUT2D eigenvalue weighted by atomic mass is 16.6. The molecule has 0 atom stereocenters. The monoisotopic (exact) mass is 199 g/mol. The molecule has 1 aromatic carbocycles. The van der Waals surface area contributed by atoms with Gasteiger partial charge in [-0.3, -0.25) is 4.99 Å². The van der Waals surface area contributed by atoms with Crippen molar-refractivity contribution in [2.24, 2.45) is 10.1 Å². The summed E-state index contributed by atoms with van der Waals surface area (Å²) >= 11 is 0. The van der Waals surface area contributed by atoms with E-state index in [4.69, 9.17) is 4.84 Å².